The molecule has 3 rings (SSSR count). The van der Waals surface area contributed by atoms with E-state index in [-0.39, 0.29) is 0 Å². The topological polar surface area (TPSA) is 47.0 Å². The van der Waals surface area contributed by atoms with Crippen molar-refractivity contribution in [2.24, 2.45) is 0 Å². The number of nitrogens with zero attached hydrogens (tertiary/aromatic N) is 2. The number of nitrogens with one attached hydrogen (secondary N) is 1. The number of para-hydroxylation sites is 1. The average Bonchev–Trinajstić information content (AvgIpc) is 3.33. The van der Waals surface area contributed by atoms with Gasteiger partial charge in [-0.1, -0.05) is 12.1 Å². The van der Waals surface area contributed by atoms with Crippen molar-refractivity contribution in [3.8, 4) is 17.1 Å². The van der Waals surface area contributed by atoms with Crippen LogP contribution in [0.4, 0.5) is 5.82 Å². The van der Waals surface area contributed by atoms with Crippen molar-refractivity contribution in [1.82, 2.24) is 9.97 Å². The third kappa shape index (κ3) is 2.97. The van der Waals surface area contributed by atoms with Gasteiger partial charge < -0.3 is 10.1 Å². The summed E-state index contributed by atoms with van der Waals surface area (Å²) in [6.07, 6.45) is 2.45. The fraction of sp³-hybridized carbons (Fsp3) is 0.375. The first-order valence-electron chi connectivity index (χ1n) is 7.22. The predicted octanol–water partition coefficient (Wildman–Crippen LogP) is 4.07. The Balaban J connectivity index is 2.12. The highest BCUT2D eigenvalue weighted by molar-refractivity contribution is 14.1. The van der Waals surface area contributed by atoms with Crippen LogP contribution in [0.15, 0.2) is 24.3 Å². The lowest BCUT2D eigenvalue weighted by molar-refractivity contribution is 0.341. The number of benzene rings is 1. The summed E-state index contributed by atoms with van der Waals surface area (Å²) in [5.74, 6) is 3.06. The summed E-state index contributed by atoms with van der Waals surface area (Å²) in [5, 5.41) is 3.18. The standard InChI is InChI=1S/C16H18IN3O/c1-3-21-12-7-5-4-6-11(12)15-19-14(10-8-9-10)13(17)16(18-2)20-15/h4-7,10H,3,8-9H2,1-2H3,(H,18,19,20). The fourth-order valence-corrected chi connectivity index (χ4v) is 3.26. The molecule has 0 amide bonds. The van der Waals surface area contributed by atoms with Crippen LogP contribution in [0.3, 0.4) is 0 Å². The van der Waals surface area contributed by atoms with Crippen molar-refractivity contribution in [1.29, 1.82) is 0 Å². The highest BCUT2D eigenvalue weighted by atomic mass is 127. The second kappa shape index (κ2) is 6.17. The second-order valence-corrected chi connectivity index (χ2v) is 6.13. The minimum Gasteiger partial charge on any atom is -0.493 e. The van der Waals surface area contributed by atoms with E-state index in [4.69, 9.17) is 9.72 Å². The van der Waals surface area contributed by atoms with Gasteiger partial charge in [0.05, 0.1) is 21.4 Å². The third-order valence-corrected chi connectivity index (χ3v) is 4.57. The van der Waals surface area contributed by atoms with E-state index in [0.29, 0.717) is 12.5 Å². The van der Waals surface area contributed by atoms with Crippen LogP contribution < -0.4 is 10.1 Å². The van der Waals surface area contributed by atoms with Crippen molar-refractivity contribution in [2.75, 3.05) is 19.0 Å². The van der Waals surface area contributed by atoms with Crippen molar-refractivity contribution >= 4 is 28.4 Å². The lowest BCUT2D eigenvalue weighted by atomic mass is 10.1. The zero-order chi connectivity index (χ0) is 14.8. The minimum absolute atomic E-state index is 0.588. The Bertz CT molecular complexity index is 656. The van der Waals surface area contributed by atoms with Crippen LogP contribution >= 0.6 is 22.6 Å². The van der Waals surface area contributed by atoms with Crippen LogP contribution in [-0.4, -0.2) is 23.6 Å². The maximum absolute atomic E-state index is 5.71. The van der Waals surface area contributed by atoms with Crippen LogP contribution in [0, 0.1) is 3.57 Å². The zero-order valence-electron chi connectivity index (χ0n) is 12.2. The van der Waals surface area contributed by atoms with Gasteiger partial charge in [0.1, 0.15) is 11.6 Å². The minimum atomic E-state index is 0.588. The summed E-state index contributed by atoms with van der Waals surface area (Å²) in [7, 11) is 1.90. The Hall–Kier alpha value is -1.37. The van der Waals surface area contributed by atoms with Crippen molar-refractivity contribution in [3.63, 3.8) is 0 Å². The molecule has 1 heterocycles. The van der Waals surface area contributed by atoms with Crippen LogP contribution in [0.25, 0.3) is 11.4 Å². The first kappa shape index (κ1) is 14.6. The predicted molar refractivity (Wildman–Crippen MR) is 92.9 cm³/mol. The molecule has 1 saturated carbocycles. The number of hydrogen-bond donors (Lipinski definition) is 1. The van der Waals surface area contributed by atoms with Crippen molar-refractivity contribution in [3.05, 3.63) is 33.5 Å². The monoisotopic (exact) mass is 395 g/mol. The Labute approximate surface area is 138 Å². The van der Waals surface area contributed by atoms with E-state index in [1.54, 1.807) is 0 Å². The molecule has 5 heteroatoms. The molecule has 0 saturated heterocycles. The lowest BCUT2D eigenvalue weighted by Crippen LogP contribution is -2.05. The number of hydrogen-bond acceptors (Lipinski definition) is 4. The molecule has 0 aliphatic heterocycles. The van der Waals surface area contributed by atoms with Gasteiger partial charge in [-0.2, -0.15) is 0 Å². The molecule has 1 aliphatic carbocycles. The van der Waals surface area contributed by atoms with E-state index >= 15 is 0 Å². The second-order valence-electron chi connectivity index (χ2n) is 5.05. The van der Waals surface area contributed by atoms with Crippen LogP contribution in [-0.2, 0) is 0 Å². The molecule has 0 atom stereocenters. The SMILES string of the molecule is CCOc1ccccc1-c1nc(NC)c(I)c(C2CC2)n1. The van der Waals surface area contributed by atoms with E-state index < -0.39 is 0 Å². The molecule has 1 N–H and O–H groups in total. The molecule has 0 radical (unpaired) electrons. The highest BCUT2D eigenvalue weighted by Crippen LogP contribution is 2.43. The van der Waals surface area contributed by atoms with E-state index in [9.17, 15) is 0 Å². The fourth-order valence-electron chi connectivity index (χ4n) is 2.31. The molecule has 0 spiro atoms. The summed E-state index contributed by atoms with van der Waals surface area (Å²) in [5.41, 5.74) is 2.12. The normalized spacial score (nSPS) is 14.0. The van der Waals surface area contributed by atoms with E-state index in [1.165, 1.54) is 12.8 Å². The molecule has 1 aromatic carbocycles. The molecular weight excluding hydrogens is 377 g/mol. The van der Waals surface area contributed by atoms with Crippen molar-refractivity contribution < 1.29 is 4.74 Å². The maximum Gasteiger partial charge on any atom is 0.165 e. The average molecular weight is 395 g/mol. The summed E-state index contributed by atoms with van der Waals surface area (Å²) in [6, 6.07) is 7.95. The van der Waals surface area contributed by atoms with Crippen LogP contribution in [0.5, 0.6) is 5.75 Å². The molecule has 2 aromatic rings. The van der Waals surface area contributed by atoms with Gasteiger partial charge >= 0.3 is 0 Å². The molecule has 21 heavy (non-hydrogen) atoms. The van der Waals surface area contributed by atoms with Gasteiger partial charge in [0, 0.05) is 13.0 Å². The maximum atomic E-state index is 5.71. The van der Waals surface area contributed by atoms with E-state index in [0.717, 1.165) is 32.2 Å². The number of halogens is 1. The zero-order valence-corrected chi connectivity index (χ0v) is 14.3. The van der Waals surface area contributed by atoms with Crippen molar-refractivity contribution in [2.45, 2.75) is 25.7 Å². The van der Waals surface area contributed by atoms with Gasteiger partial charge in [0.2, 0.25) is 0 Å². The summed E-state index contributed by atoms with van der Waals surface area (Å²) >= 11 is 2.34. The van der Waals surface area contributed by atoms with Crippen LogP contribution in [0.1, 0.15) is 31.4 Å². The van der Waals surface area contributed by atoms with Crippen LogP contribution in [0.2, 0.25) is 0 Å². The Morgan fingerprint density at radius 1 is 1.29 bits per heavy atom. The Morgan fingerprint density at radius 2 is 2.05 bits per heavy atom. The van der Waals surface area contributed by atoms with Gasteiger partial charge in [-0.05, 0) is 54.5 Å². The first-order valence-corrected chi connectivity index (χ1v) is 8.29. The lowest BCUT2D eigenvalue weighted by Gasteiger charge is -2.13. The molecular formula is C16H18IN3O. The molecule has 110 valence electrons. The number of ether oxygens (including phenoxy) is 1. The molecule has 1 fully saturated rings. The first-order chi connectivity index (χ1) is 10.2. The van der Waals surface area contributed by atoms with E-state index in [1.807, 2.05) is 38.2 Å². The van der Waals surface area contributed by atoms with Gasteiger partial charge in [0.15, 0.2) is 5.82 Å². The van der Waals surface area contributed by atoms with Gasteiger partial charge in [-0.15, -0.1) is 0 Å². The third-order valence-electron chi connectivity index (χ3n) is 3.51. The molecule has 0 bridgehead atoms. The molecule has 0 unspecified atom stereocenters. The highest BCUT2D eigenvalue weighted by Gasteiger charge is 2.29. The molecule has 1 aromatic heterocycles. The van der Waals surface area contributed by atoms with Gasteiger partial charge in [0.25, 0.3) is 0 Å². The number of aromatic nitrogens is 2. The Kier molecular flexibility index (Phi) is 4.28. The Morgan fingerprint density at radius 3 is 2.71 bits per heavy atom. The van der Waals surface area contributed by atoms with Gasteiger partial charge in [-0.25, -0.2) is 9.97 Å². The number of anilines is 1. The van der Waals surface area contributed by atoms with E-state index in [2.05, 4.69) is 32.9 Å². The summed E-state index contributed by atoms with van der Waals surface area (Å²) in [4.78, 5) is 9.48. The molecule has 4 nitrogen and oxygen atoms in total. The molecule has 1 aliphatic rings. The smallest absolute Gasteiger partial charge is 0.165 e. The largest absolute Gasteiger partial charge is 0.493 e. The van der Waals surface area contributed by atoms with Gasteiger partial charge in [-0.3, -0.25) is 0 Å². The quantitative estimate of drug-likeness (QED) is 0.776. The summed E-state index contributed by atoms with van der Waals surface area (Å²) < 4.78 is 6.84. The summed E-state index contributed by atoms with van der Waals surface area (Å²) in [6.45, 7) is 2.62. The number of rotatable bonds is 5.